The van der Waals surface area contributed by atoms with E-state index in [0.717, 1.165) is 25.7 Å². The van der Waals surface area contributed by atoms with Gasteiger partial charge in [-0.2, -0.15) is 0 Å². The maximum atomic E-state index is 11.4. The van der Waals surface area contributed by atoms with Crippen LogP contribution in [0.5, 0.6) is 0 Å². The lowest BCUT2D eigenvalue weighted by Gasteiger charge is -2.44. The number of aliphatic hydroxyl groups excluding tert-OH is 1. The van der Waals surface area contributed by atoms with E-state index < -0.39 is 0 Å². The van der Waals surface area contributed by atoms with Crippen LogP contribution < -0.4 is 0 Å². The summed E-state index contributed by atoms with van der Waals surface area (Å²) in [6.07, 6.45) is 9.02. The fourth-order valence-electron chi connectivity index (χ4n) is 4.61. The van der Waals surface area contributed by atoms with Gasteiger partial charge in [-0.15, -0.1) is 0 Å². The van der Waals surface area contributed by atoms with E-state index in [1.165, 1.54) is 6.42 Å². The lowest BCUT2D eigenvalue weighted by molar-refractivity contribution is -0.137. The molecule has 0 saturated heterocycles. The van der Waals surface area contributed by atoms with Gasteiger partial charge in [0.2, 0.25) is 0 Å². The van der Waals surface area contributed by atoms with Crippen LogP contribution in [-0.2, 0) is 9.53 Å². The molecule has 0 bridgehead atoms. The lowest BCUT2D eigenvalue weighted by Crippen LogP contribution is -2.41. The van der Waals surface area contributed by atoms with Crippen LogP contribution in [0.2, 0.25) is 0 Å². The van der Waals surface area contributed by atoms with Crippen molar-refractivity contribution in [2.45, 2.75) is 59.0 Å². The average molecular weight is 280 g/mol. The monoisotopic (exact) mass is 280 g/mol. The normalized spacial score (nSPS) is 38.7. The van der Waals surface area contributed by atoms with Crippen LogP contribution in [0.3, 0.4) is 0 Å². The van der Waals surface area contributed by atoms with Crippen molar-refractivity contribution in [2.24, 2.45) is 23.2 Å². The first-order valence-corrected chi connectivity index (χ1v) is 8.02. The van der Waals surface area contributed by atoms with Crippen molar-refractivity contribution < 1.29 is 14.6 Å². The first kappa shape index (κ1) is 15.6. The molecule has 0 radical (unpaired) electrons. The predicted octanol–water partition coefficient (Wildman–Crippen LogP) is 3.32. The molecule has 0 aromatic carbocycles. The number of esters is 1. The molecule has 2 saturated carbocycles. The van der Waals surface area contributed by atoms with Crippen molar-refractivity contribution in [1.29, 1.82) is 0 Å². The Kier molecular flexibility index (Phi) is 4.90. The summed E-state index contributed by atoms with van der Waals surface area (Å²) in [5, 5.41) is 10.2. The maximum Gasteiger partial charge on any atom is 0.330 e. The van der Waals surface area contributed by atoms with Gasteiger partial charge >= 0.3 is 5.97 Å². The van der Waals surface area contributed by atoms with Crippen molar-refractivity contribution in [3.63, 3.8) is 0 Å². The molecule has 2 aliphatic rings. The van der Waals surface area contributed by atoms with Crippen LogP contribution in [0.1, 0.15) is 52.9 Å². The summed E-state index contributed by atoms with van der Waals surface area (Å²) in [7, 11) is 0. The van der Waals surface area contributed by atoms with Gasteiger partial charge in [0.15, 0.2) is 0 Å². The Balaban J connectivity index is 2.03. The third-order valence-corrected chi connectivity index (χ3v) is 5.62. The number of carbonyl (C=O) groups is 1. The zero-order valence-electron chi connectivity index (χ0n) is 13.0. The molecule has 2 fully saturated rings. The molecule has 3 nitrogen and oxygen atoms in total. The molecular weight excluding hydrogens is 252 g/mol. The van der Waals surface area contributed by atoms with E-state index >= 15 is 0 Å². The summed E-state index contributed by atoms with van der Waals surface area (Å²) in [5.41, 5.74) is 0.232. The van der Waals surface area contributed by atoms with Gasteiger partial charge in [-0.05, 0) is 55.8 Å². The van der Waals surface area contributed by atoms with E-state index in [9.17, 15) is 9.90 Å². The SMILES string of the molecule is CCOC(=O)/C=C/[C@@H](C)[C@H]1CC[C@H]2[C@@H](O)CCC[C@]12C. The topological polar surface area (TPSA) is 46.5 Å². The van der Waals surface area contributed by atoms with Gasteiger partial charge in [-0.1, -0.05) is 26.3 Å². The Morgan fingerprint density at radius 2 is 2.20 bits per heavy atom. The Bertz CT molecular complexity index is 376. The summed E-state index contributed by atoms with van der Waals surface area (Å²) >= 11 is 0. The number of hydrogen-bond donors (Lipinski definition) is 1. The number of carbonyl (C=O) groups excluding carboxylic acids is 1. The van der Waals surface area contributed by atoms with Crippen LogP contribution in [0, 0.1) is 23.2 Å². The minimum atomic E-state index is -0.247. The highest BCUT2D eigenvalue weighted by Gasteiger charge is 2.51. The standard InChI is InChI=1S/C17H28O3/c1-4-20-16(19)10-7-12(2)13-8-9-14-15(18)6-5-11-17(13,14)3/h7,10,12-15,18H,4-6,8-9,11H2,1-3H3/b10-7+/t12-,13-,14+,15+,17-/m1/s1. The van der Waals surface area contributed by atoms with Crippen molar-refractivity contribution in [3.05, 3.63) is 12.2 Å². The lowest BCUT2D eigenvalue weighted by atomic mass is 9.62. The zero-order valence-corrected chi connectivity index (χ0v) is 13.0. The van der Waals surface area contributed by atoms with Crippen LogP contribution in [0.15, 0.2) is 12.2 Å². The van der Waals surface area contributed by atoms with Crippen molar-refractivity contribution in [1.82, 2.24) is 0 Å². The van der Waals surface area contributed by atoms with Gasteiger partial charge in [-0.25, -0.2) is 4.79 Å². The van der Waals surface area contributed by atoms with Crippen LogP contribution >= 0.6 is 0 Å². The van der Waals surface area contributed by atoms with E-state index in [0.29, 0.717) is 24.4 Å². The molecule has 0 aliphatic heterocycles. The smallest absolute Gasteiger partial charge is 0.330 e. The third-order valence-electron chi connectivity index (χ3n) is 5.62. The van der Waals surface area contributed by atoms with Crippen molar-refractivity contribution in [3.8, 4) is 0 Å². The van der Waals surface area contributed by atoms with Gasteiger partial charge in [0.25, 0.3) is 0 Å². The van der Waals surface area contributed by atoms with E-state index in [2.05, 4.69) is 13.8 Å². The largest absolute Gasteiger partial charge is 0.463 e. The Labute approximate surface area is 122 Å². The van der Waals surface area contributed by atoms with Crippen LogP contribution in [-0.4, -0.2) is 23.8 Å². The first-order chi connectivity index (χ1) is 9.49. The number of rotatable bonds is 4. The van der Waals surface area contributed by atoms with E-state index in [1.54, 1.807) is 6.08 Å². The van der Waals surface area contributed by atoms with Gasteiger partial charge in [-0.3, -0.25) is 0 Å². The second-order valence-electron chi connectivity index (χ2n) is 6.73. The van der Waals surface area contributed by atoms with Gasteiger partial charge < -0.3 is 9.84 Å². The Hall–Kier alpha value is -0.830. The quantitative estimate of drug-likeness (QED) is 0.635. The highest BCUT2D eigenvalue weighted by molar-refractivity contribution is 5.81. The number of ether oxygens (including phenoxy) is 1. The summed E-state index contributed by atoms with van der Waals surface area (Å²) in [4.78, 5) is 11.4. The molecule has 2 rings (SSSR count). The number of hydrogen-bond acceptors (Lipinski definition) is 3. The van der Waals surface area contributed by atoms with E-state index in [4.69, 9.17) is 4.74 Å². The van der Waals surface area contributed by atoms with Gasteiger partial charge in [0.05, 0.1) is 12.7 Å². The minimum Gasteiger partial charge on any atom is -0.463 e. The summed E-state index contributed by atoms with van der Waals surface area (Å²) in [6, 6.07) is 0. The summed E-state index contributed by atoms with van der Waals surface area (Å²) < 4.78 is 4.94. The molecule has 0 amide bonds. The highest BCUT2D eigenvalue weighted by atomic mass is 16.5. The maximum absolute atomic E-state index is 11.4. The second-order valence-corrected chi connectivity index (χ2v) is 6.73. The molecular formula is C17H28O3. The predicted molar refractivity (Wildman–Crippen MR) is 79.1 cm³/mol. The highest BCUT2D eigenvalue weighted by Crippen LogP contribution is 2.57. The van der Waals surface area contributed by atoms with E-state index in [1.807, 2.05) is 13.0 Å². The molecule has 0 unspecified atom stereocenters. The van der Waals surface area contributed by atoms with Crippen LogP contribution in [0.4, 0.5) is 0 Å². The Morgan fingerprint density at radius 1 is 1.45 bits per heavy atom. The molecule has 20 heavy (non-hydrogen) atoms. The molecule has 2 aliphatic carbocycles. The van der Waals surface area contributed by atoms with Crippen molar-refractivity contribution >= 4 is 5.97 Å². The fourth-order valence-corrected chi connectivity index (χ4v) is 4.61. The molecule has 1 N–H and O–H groups in total. The summed E-state index contributed by atoms with van der Waals surface area (Å²) in [5.74, 6) is 1.12. The number of fused-ring (bicyclic) bond motifs is 1. The Morgan fingerprint density at radius 3 is 2.90 bits per heavy atom. The van der Waals surface area contributed by atoms with E-state index in [-0.39, 0.29) is 17.5 Å². The van der Waals surface area contributed by atoms with Gasteiger partial charge in [0.1, 0.15) is 0 Å². The zero-order chi connectivity index (χ0) is 14.8. The number of allylic oxidation sites excluding steroid dienone is 1. The van der Waals surface area contributed by atoms with Gasteiger partial charge in [0, 0.05) is 6.08 Å². The molecule has 3 heteroatoms. The average Bonchev–Trinajstić information content (AvgIpc) is 2.75. The molecule has 0 spiro atoms. The second kappa shape index (κ2) is 6.30. The molecule has 5 atom stereocenters. The first-order valence-electron chi connectivity index (χ1n) is 8.02. The van der Waals surface area contributed by atoms with Crippen LogP contribution in [0.25, 0.3) is 0 Å². The number of aliphatic hydroxyl groups is 1. The molecule has 0 heterocycles. The summed E-state index contributed by atoms with van der Waals surface area (Å²) in [6.45, 7) is 6.77. The minimum absolute atomic E-state index is 0.125. The third kappa shape index (κ3) is 2.93. The fraction of sp³-hybridized carbons (Fsp3) is 0.824. The molecule has 0 aromatic heterocycles. The van der Waals surface area contributed by atoms with Crippen molar-refractivity contribution in [2.75, 3.05) is 6.61 Å². The molecule has 114 valence electrons. The molecule has 0 aromatic rings.